The van der Waals surface area contributed by atoms with Gasteiger partial charge < -0.3 is 5.32 Å². The number of fused-ring (bicyclic) bond motifs is 1. The third-order valence-corrected chi connectivity index (χ3v) is 3.99. The average molecular weight is 227 g/mol. The number of benzene rings is 1. The van der Waals surface area contributed by atoms with Crippen molar-refractivity contribution in [2.45, 2.75) is 44.6 Å². The van der Waals surface area contributed by atoms with Crippen LogP contribution in [0.5, 0.6) is 0 Å². The standard InChI is InChI=1S/C16H21N/c1-2-11-17-16(6-1)10-8-13-7-9-14-4-3-5-15(14)12-13/h7-10,12,16-17H,1-6,11H2/b10-8+. The van der Waals surface area contributed by atoms with Crippen molar-refractivity contribution in [2.75, 3.05) is 6.54 Å². The zero-order chi connectivity index (χ0) is 11.5. The van der Waals surface area contributed by atoms with E-state index in [0.29, 0.717) is 6.04 Å². The topological polar surface area (TPSA) is 12.0 Å². The number of hydrogen-bond acceptors (Lipinski definition) is 1. The van der Waals surface area contributed by atoms with E-state index in [2.05, 4.69) is 35.7 Å². The highest BCUT2D eigenvalue weighted by atomic mass is 14.9. The summed E-state index contributed by atoms with van der Waals surface area (Å²) in [6.07, 6.45) is 12.5. The third-order valence-electron chi connectivity index (χ3n) is 3.99. The Labute approximate surface area is 104 Å². The Kier molecular flexibility index (Phi) is 3.28. The van der Waals surface area contributed by atoms with Crippen molar-refractivity contribution in [1.82, 2.24) is 5.32 Å². The minimum absolute atomic E-state index is 0.594. The van der Waals surface area contributed by atoms with Crippen LogP contribution < -0.4 is 5.32 Å². The molecule has 1 atom stereocenters. The summed E-state index contributed by atoms with van der Waals surface area (Å²) >= 11 is 0. The van der Waals surface area contributed by atoms with Crippen LogP contribution in [0, 0.1) is 0 Å². The molecule has 3 rings (SSSR count). The fourth-order valence-corrected chi connectivity index (χ4v) is 2.97. The normalized spacial score (nSPS) is 24.1. The average Bonchev–Trinajstić information content (AvgIpc) is 2.85. The molecule has 0 aromatic heterocycles. The summed E-state index contributed by atoms with van der Waals surface area (Å²) in [6.45, 7) is 1.18. The Morgan fingerprint density at radius 3 is 2.88 bits per heavy atom. The molecule has 0 bridgehead atoms. The quantitative estimate of drug-likeness (QED) is 0.817. The van der Waals surface area contributed by atoms with Crippen LogP contribution in [0.15, 0.2) is 24.3 Å². The molecule has 1 aromatic carbocycles. The van der Waals surface area contributed by atoms with Crippen molar-refractivity contribution in [3.05, 3.63) is 41.0 Å². The van der Waals surface area contributed by atoms with E-state index in [-0.39, 0.29) is 0 Å². The molecule has 90 valence electrons. The fraction of sp³-hybridized carbons (Fsp3) is 0.500. The molecule has 1 aliphatic heterocycles. The van der Waals surface area contributed by atoms with Gasteiger partial charge in [0.25, 0.3) is 0 Å². The van der Waals surface area contributed by atoms with Gasteiger partial charge in [0.05, 0.1) is 0 Å². The highest BCUT2D eigenvalue weighted by Crippen LogP contribution is 2.23. The molecule has 1 nitrogen and oxygen atoms in total. The molecule has 1 heteroatoms. The number of rotatable bonds is 2. The number of aryl methyl sites for hydroxylation is 2. The lowest BCUT2D eigenvalue weighted by Crippen LogP contribution is -2.31. The molecule has 1 unspecified atom stereocenters. The van der Waals surface area contributed by atoms with Gasteiger partial charge in [-0.1, -0.05) is 36.8 Å². The summed E-state index contributed by atoms with van der Waals surface area (Å²) < 4.78 is 0. The van der Waals surface area contributed by atoms with Crippen LogP contribution in [0.25, 0.3) is 6.08 Å². The van der Waals surface area contributed by atoms with E-state index in [9.17, 15) is 0 Å². The van der Waals surface area contributed by atoms with E-state index < -0.39 is 0 Å². The molecule has 1 fully saturated rings. The van der Waals surface area contributed by atoms with Gasteiger partial charge in [-0.05, 0) is 55.3 Å². The van der Waals surface area contributed by atoms with Crippen LogP contribution in [-0.2, 0) is 12.8 Å². The molecule has 2 aliphatic rings. The van der Waals surface area contributed by atoms with Gasteiger partial charge in [0, 0.05) is 6.04 Å². The van der Waals surface area contributed by atoms with Crippen molar-refractivity contribution in [1.29, 1.82) is 0 Å². The lowest BCUT2D eigenvalue weighted by Gasteiger charge is -2.20. The Hall–Kier alpha value is -1.08. The second-order valence-electron chi connectivity index (χ2n) is 5.30. The van der Waals surface area contributed by atoms with Crippen LogP contribution in [-0.4, -0.2) is 12.6 Å². The van der Waals surface area contributed by atoms with E-state index in [4.69, 9.17) is 0 Å². The van der Waals surface area contributed by atoms with E-state index >= 15 is 0 Å². The predicted octanol–water partition coefficient (Wildman–Crippen LogP) is 3.33. The maximum atomic E-state index is 3.55. The first-order chi connectivity index (χ1) is 8.42. The maximum Gasteiger partial charge on any atom is 0.0253 e. The monoisotopic (exact) mass is 227 g/mol. The van der Waals surface area contributed by atoms with Gasteiger partial charge in [-0.2, -0.15) is 0 Å². The van der Waals surface area contributed by atoms with E-state index in [1.165, 1.54) is 50.6 Å². The van der Waals surface area contributed by atoms with Crippen LogP contribution >= 0.6 is 0 Å². The van der Waals surface area contributed by atoms with Crippen molar-refractivity contribution in [3.63, 3.8) is 0 Å². The smallest absolute Gasteiger partial charge is 0.0253 e. The first-order valence-corrected chi connectivity index (χ1v) is 6.95. The van der Waals surface area contributed by atoms with Gasteiger partial charge in [-0.15, -0.1) is 0 Å². The molecule has 0 saturated carbocycles. The Morgan fingerprint density at radius 2 is 2.00 bits per heavy atom. The second-order valence-corrected chi connectivity index (χ2v) is 5.30. The van der Waals surface area contributed by atoms with Crippen molar-refractivity contribution in [2.24, 2.45) is 0 Å². The van der Waals surface area contributed by atoms with Gasteiger partial charge in [0.15, 0.2) is 0 Å². The Morgan fingerprint density at radius 1 is 1.06 bits per heavy atom. The molecule has 17 heavy (non-hydrogen) atoms. The molecule has 1 N–H and O–H groups in total. The molecular formula is C16H21N. The summed E-state index contributed by atoms with van der Waals surface area (Å²) in [4.78, 5) is 0. The molecule has 0 amide bonds. The van der Waals surface area contributed by atoms with Crippen LogP contribution in [0.2, 0.25) is 0 Å². The highest BCUT2D eigenvalue weighted by molar-refractivity contribution is 5.53. The van der Waals surface area contributed by atoms with E-state index in [1.54, 1.807) is 11.1 Å². The minimum Gasteiger partial charge on any atom is -0.311 e. The summed E-state index contributed by atoms with van der Waals surface area (Å²) in [6, 6.07) is 7.55. The van der Waals surface area contributed by atoms with Gasteiger partial charge in [-0.25, -0.2) is 0 Å². The molecule has 1 aromatic rings. The molecular weight excluding hydrogens is 206 g/mol. The summed E-state index contributed by atoms with van der Waals surface area (Å²) in [7, 11) is 0. The van der Waals surface area contributed by atoms with Crippen molar-refractivity contribution < 1.29 is 0 Å². The SMILES string of the molecule is C(=C\C1CCCCN1)/c1ccc2c(c1)CCC2. The molecule has 1 aliphatic carbocycles. The van der Waals surface area contributed by atoms with Gasteiger partial charge >= 0.3 is 0 Å². The fourth-order valence-electron chi connectivity index (χ4n) is 2.97. The summed E-state index contributed by atoms with van der Waals surface area (Å²) in [5.74, 6) is 0. The number of nitrogens with one attached hydrogen (secondary N) is 1. The van der Waals surface area contributed by atoms with Crippen LogP contribution in [0.3, 0.4) is 0 Å². The van der Waals surface area contributed by atoms with Crippen LogP contribution in [0.4, 0.5) is 0 Å². The highest BCUT2D eigenvalue weighted by Gasteiger charge is 2.11. The lowest BCUT2D eigenvalue weighted by atomic mass is 10.0. The molecule has 0 spiro atoms. The maximum absolute atomic E-state index is 3.55. The van der Waals surface area contributed by atoms with Gasteiger partial charge in [0.1, 0.15) is 0 Å². The lowest BCUT2D eigenvalue weighted by molar-refractivity contribution is 0.455. The zero-order valence-corrected chi connectivity index (χ0v) is 10.4. The van der Waals surface area contributed by atoms with E-state index in [0.717, 1.165) is 0 Å². The van der Waals surface area contributed by atoms with Crippen molar-refractivity contribution >= 4 is 6.08 Å². The summed E-state index contributed by atoms with van der Waals surface area (Å²) in [5, 5.41) is 3.55. The van der Waals surface area contributed by atoms with Gasteiger partial charge in [-0.3, -0.25) is 0 Å². The first kappa shape index (κ1) is 11.0. The molecule has 0 radical (unpaired) electrons. The van der Waals surface area contributed by atoms with Crippen molar-refractivity contribution in [3.8, 4) is 0 Å². The summed E-state index contributed by atoms with van der Waals surface area (Å²) in [5.41, 5.74) is 4.51. The first-order valence-electron chi connectivity index (χ1n) is 6.95. The molecule has 1 heterocycles. The zero-order valence-electron chi connectivity index (χ0n) is 10.4. The minimum atomic E-state index is 0.594. The van der Waals surface area contributed by atoms with Gasteiger partial charge in [0.2, 0.25) is 0 Å². The number of hydrogen-bond donors (Lipinski definition) is 1. The van der Waals surface area contributed by atoms with Crippen LogP contribution in [0.1, 0.15) is 42.4 Å². The molecule has 1 saturated heterocycles. The Balaban J connectivity index is 1.69. The number of piperidine rings is 1. The van der Waals surface area contributed by atoms with E-state index in [1.807, 2.05) is 0 Å². The third kappa shape index (κ3) is 2.61. The second kappa shape index (κ2) is 5.05. The Bertz CT molecular complexity index is 414. The predicted molar refractivity (Wildman–Crippen MR) is 73.1 cm³/mol. The largest absolute Gasteiger partial charge is 0.311 e.